The third-order valence-corrected chi connectivity index (χ3v) is 1.08. The summed E-state index contributed by atoms with van der Waals surface area (Å²) in [6, 6.07) is 5.87. The Hall–Kier alpha value is -1.29. The Kier molecular flexibility index (Phi) is 3.33. The van der Waals surface area contributed by atoms with E-state index in [1.54, 1.807) is 12.1 Å². The first-order valence-electron chi connectivity index (χ1n) is 2.70. The Balaban J connectivity index is 0.000001000. The maximum absolute atomic E-state index is 10.1. The molecule has 0 aliphatic rings. The van der Waals surface area contributed by atoms with Crippen LogP contribution in [0, 0.1) is 10.1 Å². The minimum atomic E-state index is -0.476. The van der Waals surface area contributed by atoms with Crippen LogP contribution in [0.15, 0.2) is 24.3 Å². The van der Waals surface area contributed by atoms with Crippen molar-refractivity contribution < 1.29 is 4.92 Å². The van der Waals surface area contributed by atoms with Crippen molar-refractivity contribution in [3.8, 4) is 0 Å². The Bertz CT molecular complexity index is 265. The Labute approximate surface area is 69.6 Å². The van der Waals surface area contributed by atoms with Gasteiger partial charge < -0.3 is 5.73 Å². The second-order valence-corrected chi connectivity index (χ2v) is 1.85. The Morgan fingerprint density at radius 2 is 2.09 bits per heavy atom. The molecule has 1 aromatic rings. The average Bonchev–Trinajstić information content (AvgIpc) is 1.88. The van der Waals surface area contributed by atoms with Gasteiger partial charge in [-0.05, 0) is 6.07 Å². The first-order chi connectivity index (χ1) is 4.70. The van der Waals surface area contributed by atoms with Gasteiger partial charge in [0.15, 0.2) is 0 Å². The molecule has 2 N–H and O–H groups in total. The normalized spacial score (nSPS) is 8.36. The molecule has 0 atom stereocenters. The molecule has 4 nitrogen and oxygen atoms in total. The highest BCUT2D eigenvalue weighted by Gasteiger charge is 2.02. The number of nitrogen functional groups attached to an aromatic ring is 1. The summed E-state index contributed by atoms with van der Waals surface area (Å²) in [5, 5.41) is 10.1. The number of nitrogens with zero attached hydrogens (tertiary/aromatic N) is 1. The van der Waals surface area contributed by atoms with E-state index in [1.807, 2.05) is 0 Å². The lowest BCUT2D eigenvalue weighted by Crippen LogP contribution is -1.89. The number of rotatable bonds is 1. The van der Waals surface area contributed by atoms with Crippen molar-refractivity contribution in [1.29, 1.82) is 0 Å². The van der Waals surface area contributed by atoms with E-state index >= 15 is 0 Å². The first-order valence-corrected chi connectivity index (χ1v) is 2.70. The van der Waals surface area contributed by atoms with Gasteiger partial charge in [0, 0.05) is 17.8 Å². The topological polar surface area (TPSA) is 69.2 Å². The van der Waals surface area contributed by atoms with Gasteiger partial charge in [0.1, 0.15) is 0 Å². The van der Waals surface area contributed by atoms with Crippen LogP contribution >= 0.6 is 12.4 Å². The lowest BCUT2D eigenvalue weighted by Gasteiger charge is -1.90. The van der Waals surface area contributed by atoms with E-state index in [-0.39, 0.29) is 18.1 Å². The molecule has 0 aromatic heterocycles. The summed E-state index contributed by atoms with van der Waals surface area (Å²) in [5.74, 6) is 0. The zero-order chi connectivity index (χ0) is 7.56. The molecule has 0 amide bonds. The maximum Gasteiger partial charge on any atom is 0.271 e. The number of halogens is 1. The van der Waals surface area contributed by atoms with E-state index in [4.69, 9.17) is 5.73 Å². The molecule has 0 saturated heterocycles. The number of non-ortho nitro benzene ring substituents is 1. The highest BCUT2D eigenvalue weighted by atomic mass is 35.5. The van der Waals surface area contributed by atoms with E-state index < -0.39 is 4.92 Å². The molecule has 1 aromatic carbocycles. The molecule has 11 heavy (non-hydrogen) atoms. The zero-order valence-corrected chi connectivity index (χ0v) is 6.38. The molecule has 0 saturated carbocycles. The number of hydrogen-bond donors (Lipinski definition) is 1. The molecule has 5 heteroatoms. The lowest BCUT2D eigenvalue weighted by atomic mass is 10.3. The number of benzene rings is 1. The quantitative estimate of drug-likeness (QED) is 0.399. The van der Waals surface area contributed by atoms with Crippen molar-refractivity contribution in [2.75, 3.05) is 5.73 Å². The summed E-state index contributed by atoms with van der Waals surface area (Å²) in [6.45, 7) is 0. The van der Waals surface area contributed by atoms with Gasteiger partial charge in [0.25, 0.3) is 5.69 Å². The number of nitro groups is 1. The van der Waals surface area contributed by atoms with Crippen molar-refractivity contribution in [3.63, 3.8) is 0 Å². The molecule has 0 aliphatic carbocycles. The predicted octanol–water partition coefficient (Wildman–Crippen LogP) is 1.60. The van der Waals surface area contributed by atoms with Gasteiger partial charge in [-0.1, -0.05) is 6.07 Å². The molecule has 60 valence electrons. The van der Waals surface area contributed by atoms with Crippen LogP contribution in [0.3, 0.4) is 0 Å². The zero-order valence-electron chi connectivity index (χ0n) is 5.56. The van der Waals surface area contributed by atoms with Crippen molar-refractivity contribution in [2.24, 2.45) is 0 Å². The van der Waals surface area contributed by atoms with E-state index in [0.29, 0.717) is 5.69 Å². The first kappa shape index (κ1) is 9.71. The molecule has 0 spiro atoms. The van der Waals surface area contributed by atoms with Crippen LogP contribution in [-0.4, -0.2) is 4.92 Å². The molecule has 1 rings (SSSR count). The second kappa shape index (κ2) is 3.78. The van der Waals surface area contributed by atoms with Crippen LogP contribution in [0.4, 0.5) is 11.4 Å². The number of anilines is 1. The molecule has 0 fully saturated rings. The Morgan fingerprint density at radius 1 is 1.45 bits per heavy atom. The second-order valence-electron chi connectivity index (χ2n) is 1.85. The standard InChI is InChI=1S/C6H6N2O2.ClH/c7-5-2-1-3-6(4-5)8(9)10;/h1-4H,7H2;1H. The van der Waals surface area contributed by atoms with E-state index in [2.05, 4.69) is 0 Å². The minimum absolute atomic E-state index is 0. The molecular formula is C6H7ClN2O2. The molecule has 0 unspecified atom stereocenters. The minimum Gasteiger partial charge on any atom is -0.399 e. The van der Waals surface area contributed by atoms with Crippen LogP contribution in [0.5, 0.6) is 0 Å². The van der Waals surface area contributed by atoms with Crippen molar-refractivity contribution in [1.82, 2.24) is 0 Å². The van der Waals surface area contributed by atoms with Gasteiger partial charge >= 0.3 is 0 Å². The highest BCUT2D eigenvalue weighted by molar-refractivity contribution is 5.85. The van der Waals surface area contributed by atoms with Crippen LogP contribution in [-0.2, 0) is 0 Å². The number of nitrogens with two attached hydrogens (primary N) is 1. The maximum atomic E-state index is 10.1. The molecule has 0 radical (unpaired) electrons. The van der Waals surface area contributed by atoms with Gasteiger partial charge in [-0.15, -0.1) is 12.4 Å². The van der Waals surface area contributed by atoms with Crippen molar-refractivity contribution >= 4 is 23.8 Å². The molecule has 0 bridgehead atoms. The van der Waals surface area contributed by atoms with Crippen LogP contribution < -0.4 is 5.73 Å². The smallest absolute Gasteiger partial charge is 0.271 e. The third kappa shape index (κ3) is 2.43. The molecular weight excluding hydrogens is 168 g/mol. The molecule has 0 heterocycles. The fourth-order valence-electron chi connectivity index (χ4n) is 0.638. The van der Waals surface area contributed by atoms with Crippen LogP contribution in [0.1, 0.15) is 0 Å². The monoisotopic (exact) mass is 174 g/mol. The highest BCUT2D eigenvalue weighted by Crippen LogP contribution is 2.13. The fraction of sp³-hybridized carbons (Fsp3) is 0. The van der Waals surface area contributed by atoms with Crippen LogP contribution in [0.2, 0.25) is 0 Å². The average molecular weight is 175 g/mol. The number of hydrogen-bond acceptors (Lipinski definition) is 3. The van der Waals surface area contributed by atoms with Gasteiger partial charge in [0.2, 0.25) is 0 Å². The SMILES string of the molecule is Cl.Nc1cccc([N+](=O)[O-])c1. The summed E-state index contributed by atoms with van der Waals surface area (Å²) in [5.41, 5.74) is 5.73. The van der Waals surface area contributed by atoms with Gasteiger partial charge in [-0.25, -0.2) is 0 Å². The third-order valence-electron chi connectivity index (χ3n) is 1.08. The summed E-state index contributed by atoms with van der Waals surface area (Å²) >= 11 is 0. The van der Waals surface area contributed by atoms with E-state index in [1.165, 1.54) is 12.1 Å². The van der Waals surface area contributed by atoms with E-state index in [0.717, 1.165) is 0 Å². The van der Waals surface area contributed by atoms with Crippen LogP contribution in [0.25, 0.3) is 0 Å². The largest absolute Gasteiger partial charge is 0.399 e. The van der Waals surface area contributed by atoms with Gasteiger partial charge in [-0.2, -0.15) is 0 Å². The number of nitro benzene ring substituents is 1. The molecule has 0 aliphatic heterocycles. The Morgan fingerprint density at radius 3 is 2.45 bits per heavy atom. The lowest BCUT2D eigenvalue weighted by molar-refractivity contribution is -0.384. The fourth-order valence-corrected chi connectivity index (χ4v) is 0.638. The van der Waals surface area contributed by atoms with Crippen molar-refractivity contribution in [3.05, 3.63) is 34.4 Å². The summed E-state index contributed by atoms with van der Waals surface area (Å²) in [7, 11) is 0. The summed E-state index contributed by atoms with van der Waals surface area (Å²) < 4.78 is 0. The predicted molar refractivity (Wildman–Crippen MR) is 44.8 cm³/mol. The van der Waals surface area contributed by atoms with Gasteiger partial charge in [0.05, 0.1) is 4.92 Å². The summed E-state index contributed by atoms with van der Waals surface area (Å²) in [6.07, 6.45) is 0. The summed E-state index contributed by atoms with van der Waals surface area (Å²) in [4.78, 5) is 9.63. The van der Waals surface area contributed by atoms with Crippen molar-refractivity contribution in [2.45, 2.75) is 0 Å². The van der Waals surface area contributed by atoms with E-state index in [9.17, 15) is 10.1 Å². The van der Waals surface area contributed by atoms with Gasteiger partial charge in [-0.3, -0.25) is 10.1 Å².